The third-order valence-corrected chi connectivity index (χ3v) is 13.3. The average molecular weight is 643 g/mol. The van der Waals surface area contributed by atoms with Gasteiger partial charge in [-0.15, -0.1) is 0 Å². The fourth-order valence-electron chi connectivity index (χ4n) is 8.79. The van der Waals surface area contributed by atoms with Gasteiger partial charge in [0, 0.05) is 30.7 Å². The van der Waals surface area contributed by atoms with E-state index in [-0.39, 0.29) is 75.9 Å². The molecule has 0 unspecified atom stereocenters. The van der Waals surface area contributed by atoms with Crippen LogP contribution in [0.5, 0.6) is 0 Å². The van der Waals surface area contributed by atoms with Crippen molar-refractivity contribution >= 4 is 17.5 Å². The molecule has 0 aromatic carbocycles. The predicted molar refractivity (Wildman–Crippen MR) is 180 cm³/mol. The van der Waals surface area contributed by atoms with E-state index in [0.29, 0.717) is 6.42 Å². The van der Waals surface area contributed by atoms with Crippen LogP contribution in [0.1, 0.15) is 140 Å². The maximum atomic E-state index is 13.9. The minimum atomic E-state index is -2.80. The van der Waals surface area contributed by atoms with E-state index in [9.17, 15) is 28.4 Å². The summed E-state index contributed by atoms with van der Waals surface area (Å²) in [6, 6.07) is 2.15. The van der Waals surface area contributed by atoms with Gasteiger partial charge in [-0.3, -0.25) is 14.4 Å². The topological polar surface area (TPSA) is 78.2 Å². The zero-order valence-corrected chi connectivity index (χ0v) is 30.4. The Kier molecular flexibility index (Phi) is 11.3. The SMILES string of the molecule is CCC(C)(C)CC[C@](C)(CCC(=O)N1CCC(F)(F)C1)CC[C@](C)(CC)[C@]1(C)CC[C@H]2[C@H](C)C(=O)C(C#N)=C[C@]2(C)/C1=C/C(C)=O. The number of rotatable bonds is 13. The van der Waals surface area contributed by atoms with Crippen LogP contribution in [0.2, 0.25) is 0 Å². The monoisotopic (exact) mass is 642 g/mol. The summed E-state index contributed by atoms with van der Waals surface area (Å²) >= 11 is 0. The zero-order valence-electron chi connectivity index (χ0n) is 30.4. The van der Waals surface area contributed by atoms with E-state index in [0.717, 1.165) is 56.9 Å². The van der Waals surface area contributed by atoms with Gasteiger partial charge in [0.2, 0.25) is 5.91 Å². The second-order valence-electron chi connectivity index (χ2n) is 16.9. The van der Waals surface area contributed by atoms with Crippen molar-refractivity contribution in [2.75, 3.05) is 13.1 Å². The molecule has 1 saturated carbocycles. The van der Waals surface area contributed by atoms with Gasteiger partial charge in [-0.05, 0) is 91.9 Å². The van der Waals surface area contributed by atoms with Gasteiger partial charge in [0.1, 0.15) is 6.07 Å². The molecular formula is C39H60F2N2O3. The molecule has 258 valence electrons. The number of hydrogen-bond acceptors (Lipinski definition) is 4. The van der Waals surface area contributed by atoms with Gasteiger partial charge >= 0.3 is 0 Å². The molecule has 2 fully saturated rings. The molecule has 3 aliphatic rings. The van der Waals surface area contributed by atoms with E-state index >= 15 is 0 Å². The van der Waals surface area contributed by atoms with Gasteiger partial charge in [0.15, 0.2) is 11.6 Å². The largest absolute Gasteiger partial charge is 0.336 e. The van der Waals surface area contributed by atoms with Gasteiger partial charge in [0.05, 0.1) is 12.1 Å². The van der Waals surface area contributed by atoms with Crippen molar-refractivity contribution in [1.29, 1.82) is 5.26 Å². The maximum Gasteiger partial charge on any atom is 0.267 e. The lowest BCUT2D eigenvalue weighted by Gasteiger charge is -2.60. The predicted octanol–water partition coefficient (Wildman–Crippen LogP) is 9.66. The Morgan fingerprint density at radius 2 is 1.67 bits per heavy atom. The molecule has 1 heterocycles. The number of alkyl halides is 2. The van der Waals surface area contributed by atoms with Crippen LogP contribution in [0.3, 0.4) is 0 Å². The first-order valence-electron chi connectivity index (χ1n) is 17.7. The van der Waals surface area contributed by atoms with Gasteiger partial charge in [0.25, 0.3) is 5.92 Å². The molecule has 0 radical (unpaired) electrons. The average Bonchev–Trinajstić information content (AvgIpc) is 3.37. The van der Waals surface area contributed by atoms with Crippen LogP contribution < -0.4 is 0 Å². The molecule has 0 spiro atoms. The Hall–Kier alpha value is -2.36. The molecule has 1 amide bonds. The summed E-state index contributed by atoms with van der Waals surface area (Å²) in [6.45, 7) is 21.1. The first kappa shape index (κ1) is 38.1. The summed E-state index contributed by atoms with van der Waals surface area (Å²) in [5.74, 6) is -3.39. The molecule has 6 atom stereocenters. The number of allylic oxidation sites excluding steroid dienone is 4. The minimum Gasteiger partial charge on any atom is -0.336 e. The van der Waals surface area contributed by atoms with E-state index in [4.69, 9.17) is 0 Å². The van der Waals surface area contributed by atoms with Crippen molar-refractivity contribution in [2.45, 2.75) is 146 Å². The first-order chi connectivity index (χ1) is 21.1. The number of hydrogen-bond donors (Lipinski definition) is 0. The van der Waals surface area contributed by atoms with Crippen LogP contribution in [-0.4, -0.2) is 41.4 Å². The summed E-state index contributed by atoms with van der Waals surface area (Å²) in [4.78, 5) is 40.3. The van der Waals surface area contributed by atoms with Crippen molar-refractivity contribution < 1.29 is 23.2 Å². The Bertz CT molecular complexity index is 1290. The summed E-state index contributed by atoms with van der Waals surface area (Å²) in [7, 11) is 0. The Morgan fingerprint density at radius 3 is 2.20 bits per heavy atom. The fourth-order valence-corrected chi connectivity index (χ4v) is 8.79. The number of likely N-dealkylation sites (tertiary alicyclic amines) is 1. The molecule has 0 aromatic heterocycles. The third kappa shape index (κ3) is 7.68. The Morgan fingerprint density at radius 1 is 1.04 bits per heavy atom. The number of carbonyl (C=O) groups is 3. The van der Waals surface area contributed by atoms with Crippen LogP contribution in [0, 0.1) is 50.2 Å². The molecule has 0 N–H and O–H groups in total. The highest BCUT2D eigenvalue weighted by Crippen LogP contribution is 2.66. The minimum absolute atomic E-state index is 0.0161. The number of Topliss-reactive ketones (excluding diaryl/α,β-unsaturated/α-hetero) is 1. The van der Waals surface area contributed by atoms with Gasteiger partial charge in [-0.1, -0.05) is 80.4 Å². The number of amides is 1. The molecule has 0 aromatic rings. The number of nitrogens with zero attached hydrogens (tertiary/aromatic N) is 2. The van der Waals surface area contributed by atoms with Crippen LogP contribution in [0.15, 0.2) is 23.3 Å². The lowest BCUT2D eigenvalue weighted by molar-refractivity contribution is -0.132. The number of ketones is 2. The quantitative estimate of drug-likeness (QED) is 0.187. The molecule has 1 saturated heterocycles. The molecule has 2 aliphatic carbocycles. The smallest absolute Gasteiger partial charge is 0.267 e. The number of halogens is 2. The van der Waals surface area contributed by atoms with Crippen molar-refractivity contribution in [3.8, 4) is 6.07 Å². The van der Waals surface area contributed by atoms with Crippen LogP contribution in [0.4, 0.5) is 8.78 Å². The second-order valence-corrected chi connectivity index (χ2v) is 16.9. The van der Waals surface area contributed by atoms with Crippen molar-refractivity contribution in [2.24, 2.45) is 38.9 Å². The second kappa shape index (κ2) is 13.6. The standard InChI is InChI=1S/C39H60F2N2O3/c1-11-34(5,6)17-18-35(7,15-14-32(45)43-22-21-39(40,41)26-43)19-20-36(8,12-2)38(10)16-13-30-28(4)33(46)29(25-42)24-37(30,9)31(38)23-27(3)44/h23-24,28,30H,11-22,26H2,1-10H3/b31-23-/t28-,30-,35-,36-,37-,38+/m0/s1. The first-order valence-corrected chi connectivity index (χ1v) is 17.7. The highest BCUT2D eigenvalue weighted by atomic mass is 19.3. The molecule has 3 rings (SSSR count). The number of nitriles is 1. The van der Waals surface area contributed by atoms with Crippen LogP contribution >= 0.6 is 0 Å². The lowest BCUT2D eigenvalue weighted by atomic mass is 9.43. The normalized spacial score (nSPS) is 31.5. The molecule has 0 bridgehead atoms. The van der Waals surface area contributed by atoms with E-state index < -0.39 is 17.9 Å². The molecule has 1 aliphatic heterocycles. The van der Waals surface area contributed by atoms with Crippen LogP contribution in [0.25, 0.3) is 0 Å². The van der Waals surface area contributed by atoms with E-state index in [1.807, 2.05) is 13.0 Å². The lowest BCUT2D eigenvalue weighted by Crippen LogP contribution is -2.53. The molecule has 7 heteroatoms. The summed E-state index contributed by atoms with van der Waals surface area (Å²) in [5.41, 5.74) is 0.0435. The number of carbonyl (C=O) groups excluding carboxylic acids is 3. The van der Waals surface area contributed by atoms with Crippen molar-refractivity contribution in [3.05, 3.63) is 23.3 Å². The van der Waals surface area contributed by atoms with Gasteiger partial charge < -0.3 is 4.90 Å². The summed E-state index contributed by atoms with van der Waals surface area (Å²) in [6.07, 6.45) is 11.6. The molecular weight excluding hydrogens is 582 g/mol. The maximum absolute atomic E-state index is 13.9. The third-order valence-electron chi connectivity index (χ3n) is 13.3. The molecule has 46 heavy (non-hydrogen) atoms. The van der Waals surface area contributed by atoms with Gasteiger partial charge in [-0.25, -0.2) is 8.78 Å². The van der Waals surface area contributed by atoms with E-state index in [1.165, 1.54) is 4.90 Å². The Balaban J connectivity index is 1.96. The van der Waals surface area contributed by atoms with E-state index in [1.54, 1.807) is 13.0 Å². The zero-order chi connectivity index (χ0) is 34.9. The highest BCUT2D eigenvalue weighted by molar-refractivity contribution is 6.02. The van der Waals surface area contributed by atoms with Crippen LogP contribution in [-0.2, 0) is 14.4 Å². The summed E-state index contributed by atoms with van der Waals surface area (Å²) < 4.78 is 27.8. The van der Waals surface area contributed by atoms with Crippen molar-refractivity contribution in [1.82, 2.24) is 4.90 Å². The summed E-state index contributed by atoms with van der Waals surface area (Å²) in [5, 5.41) is 9.88. The fraction of sp³-hybridized carbons (Fsp3) is 0.795. The van der Waals surface area contributed by atoms with Gasteiger partial charge in [-0.2, -0.15) is 5.26 Å². The Labute approximate surface area is 277 Å². The number of fused-ring (bicyclic) bond motifs is 1. The molecule has 5 nitrogen and oxygen atoms in total. The van der Waals surface area contributed by atoms with Crippen molar-refractivity contribution in [3.63, 3.8) is 0 Å². The van der Waals surface area contributed by atoms with E-state index in [2.05, 4.69) is 61.5 Å². The highest BCUT2D eigenvalue weighted by Gasteiger charge is 2.58.